The molecule has 49 heavy (non-hydrogen) atoms. The summed E-state index contributed by atoms with van der Waals surface area (Å²) in [5, 5.41) is 15.8. The van der Waals surface area contributed by atoms with Crippen molar-refractivity contribution in [2.45, 2.75) is 31.6 Å². The zero-order chi connectivity index (χ0) is 34.2. The molecule has 2 atom stereocenters. The number of rotatable bonds is 13. The smallest absolute Gasteiger partial charge is 0.340 e. The molecular formula is C37H29F2N5O4S. The van der Waals surface area contributed by atoms with E-state index in [0.717, 1.165) is 23.3 Å². The van der Waals surface area contributed by atoms with Crippen LogP contribution in [0.2, 0.25) is 0 Å². The molecule has 1 unspecified atom stereocenters. The Kier molecular flexibility index (Phi) is 10.1. The van der Waals surface area contributed by atoms with Gasteiger partial charge >= 0.3 is 5.97 Å². The number of nitrogens with zero attached hydrogens (tertiary/aromatic N) is 5. The summed E-state index contributed by atoms with van der Waals surface area (Å²) in [6.45, 7) is 1.45. The molecule has 6 aromatic rings. The van der Waals surface area contributed by atoms with Crippen LogP contribution in [0.15, 0.2) is 115 Å². The van der Waals surface area contributed by atoms with Crippen LogP contribution in [0.1, 0.15) is 44.9 Å². The van der Waals surface area contributed by atoms with E-state index in [-0.39, 0.29) is 17.7 Å². The van der Waals surface area contributed by atoms with Gasteiger partial charge in [-0.1, -0.05) is 61.5 Å². The zero-order valence-corrected chi connectivity index (χ0v) is 27.0. The molecule has 0 bridgehead atoms. The van der Waals surface area contributed by atoms with E-state index >= 15 is 4.39 Å². The second kappa shape index (κ2) is 15.0. The minimum absolute atomic E-state index is 0.0133. The SMILES string of the molecule is C[C@@H](c1nc(-c2ccc(C#N)cc2)cs1)C(Cn1cncn1)(OCOC(=O)c1cccc(OCc2ccccc2)c1)c1ccc(F)cc1F. The molecule has 4 aromatic carbocycles. The third-order valence-corrected chi connectivity index (χ3v) is 9.00. The van der Waals surface area contributed by atoms with Crippen molar-refractivity contribution in [3.63, 3.8) is 0 Å². The molecule has 2 heterocycles. The first-order valence-electron chi connectivity index (χ1n) is 15.2. The maximum Gasteiger partial charge on any atom is 0.340 e. The maximum absolute atomic E-state index is 15.8. The van der Waals surface area contributed by atoms with E-state index in [2.05, 4.69) is 16.2 Å². The molecule has 0 aliphatic carbocycles. The molecule has 0 aliphatic heterocycles. The van der Waals surface area contributed by atoms with E-state index in [1.165, 1.54) is 34.7 Å². The lowest BCUT2D eigenvalue weighted by molar-refractivity contribution is -0.148. The van der Waals surface area contributed by atoms with Crippen LogP contribution in [0.3, 0.4) is 0 Å². The highest BCUT2D eigenvalue weighted by molar-refractivity contribution is 7.10. The van der Waals surface area contributed by atoms with Gasteiger partial charge in [0, 0.05) is 28.5 Å². The Morgan fingerprint density at radius 2 is 1.84 bits per heavy atom. The van der Waals surface area contributed by atoms with E-state index in [4.69, 9.17) is 19.2 Å². The zero-order valence-electron chi connectivity index (χ0n) is 26.2. The number of carbonyl (C=O) groups is 1. The number of hydrogen-bond donors (Lipinski definition) is 0. The number of nitriles is 1. The molecule has 0 fully saturated rings. The highest BCUT2D eigenvalue weighted by atomic mass is 32.1. The normalized spacial score (nSPS) is 12.9. The number of carbonyl (C=O) groups excluding carboxylic acids is 1. The Labute approximate surface area is 285 Å². The molecule has 0 N–H and O–H groups in total. The lowest BCUT2D eigenvalue weighted by Crippen LogP contribution is -2.42. The molecule has 9 nitrogen and oxygen atoms in total. The van der Waals surface area contributed by atoms with Crippen LogP contribution in [-0.2, 0) is 28.2 Å². The topological polar surface area (TPSA) is 112 Å². The Balaban J connectivity index is 1.28. The number of thiazole rings is 1. The van der Waals surface area contributed by atoms with Crippen LogP contribution >= 0.6 is 11.3 Å². The van der Waals surface area contributed by atoms with Gasteiger partial charge in [-0.3, -0.25) is 0 Å². The minimum atomic E-state index is -1.60. The average molecular weight is 678 g/mol. The van der Waals surface area contributed by atoms with Crippen molar-refractivity contribution in [1.29, 1.82) is 5.26 Å². The molecule has 6 rings (SSSR count). The average Bonchev–Trinajstić information content (AvgIpc) is 3.84. The first-order valence-corrected chi connectivity index (χ1v) is 16.0. The van der Waals surface area contributed by atoms with E-state index in [0.29, 0.717) is 28.6 Å². The summed E-state index contributed by atoms with van der Waals surface area (Å²) < 4.78 is 49.3. The summed E-state index contributed by atoms with van der Waals surface area (Å²) in [4.78, 5) is 22.1. The molecular weight excluding hydrogens is 649 g/mol. The second-order valence-corrected chi connectivity index (χ2v) is 12.0. The van der Waals surface area contributed by atoms with Crippen molar-refractivity contribution < 1.29 is 27.8 Å². The molecule has 0 saturated heterocycles. The van der Waals surface area contributed by atoms with Crippen molar-refractivity contribution in [3.05, 3.63) is 154 Å². The van der Waals surface area contributed by atoms with E-state index in [1.54, 1.807) is 55.5 Å². The molecule has 2 aromatic heterocycles. The first-order chi connectivity index (χ1) is 23.8. The van der Waals surface area contributed by atoms with Crippen molar-refractivity contribution in [2.75, 3.05) is 6.79 Å². The van der Waals surface area contributed by atoms with Gasteiger partial charge in [-0.2, -0.15) is 10.4 Å². The van der Waals surface area contributed by atoms with Gasteiger partial charge in [-0.25, -0.2) is 28.2 Å². The monoisotopic (exact) mass is 677 g/mol. The Bertz CT molecular complexity index is 2070. The quantitative estimate of drug-likeness (QED) is 0.0905. The molecule has 12 heteroatoms. The maximum atomic E-state index is 15.8. The molecule has 0 saturated carbocycles. The lowest BCUT2D eigenvalue weighted by atomic mass is 9.81. The van der Waals surface area contributed by atoms with Gasteiger partial charge in [0.25, 0.3) is 0 Å². The molecule has 0 aliphatic rings. The predicted molar refractivity (Wildman–Crippen MR) is 177 cm³/mol. The number of esters is 1. The lowest BCUT2D eigenvalue weighted by Gasteiger charge is -2.38. The largest absolute Gasteiger partial charge is 0.489 e. The van der Waals surface area contributed by atoms with Crippen LogP contribution in [0.4, 0.5) is 8.78 Å². The van der Waals surface area contributed by atoms with Crippen LogP contribution in [0, 0.1) is 23.0 Å². The molecule has 0 radical (unpaired) electrons. The molecule has 0 spiro atoms. The van der Waals surface area contributed by atoms with Gasteiger partial charge in [0.2, 0.25) is 0 Å². The van der Waals surface area contributed by atoms with Crippen molar-refractivity contribution >= 4 is 17.3 Å². The Morgan fingerprint density at radius 1 is 1.02 bits per heavy atom. The fourth-order valence-corrected chi connectivity index (χ4v) is 6.32. The highest BCUT2D eigenvalue weighted by Gasteiger charge is 2.45. The summed E-state index contributed by atoms with van der Waals surface area (Å²) in [7, 11) is 0. The fourth-order valence-electron chi connectivity index (χ4n) is 5.35. The molecule has 246 valence electrons. The summed E-state index contributed by atoms with van der Waals surface area (Å²) in [5.41, 5.74) is 1.55. The van der Waals surface area contributed by atoms with Gasteiger partial charge in [0.05, 0.1) is 34.4 Å². The van der Waals surface area contributed by atoms with Gasteiger partial charge in [0.15, 0.2) is 6.79 Å². The first kappa shape index (κ1) is 33.1. The fraction of sp³-hybridized carbons (Fsp3) is 0.162. The predicted octanol–water partition coefficient (Wildman–Crippen LogP) is 7.66. The Morgan fingerprint density at radius 3 is 2.57 bits per heavy atom. The van der Waals surface area contributed by atoms with Gasteiger partial charge < -0.3 is 14.2 Å². The van der Waals surface area contributed by atoms with Crippen LogP contribution in [0.5, 0.6) is 5.75 Å². The number of ether oxygens (including phenoxy) is 3. The standard InChI is InChI=1S/C37H29F2N5O4S/c1-25(35-43-34(20-49-35)28-12-10-26(18-40)11-13-28)37(21-44-23-41-22-42-44,32-15-14-30(38)17-33(32)39)48-24-47-36(45)29-8-5-9-31(16-29)46-19-27-6-3-2-4-7-27/h2-17,20,22-23,25H,19,21,24H2,1H3/t25-,37?/m0/s1. The van der Waals surface area contributed by atoms with E-state index in [9.17, 15) is 14.4 Å². The Hall–Kier alpha value is -5.77. The van der Waals surface area contributed by atoms with Gasteiger partial charge in [0.1, 0.15) is 42.2 Å². The van der Waals surface area contributed by atoms with Crippen LogP contribution in [0.25, 0.3) is 11.3 Å². The van der Waals surface area contributed by atoms with Crippen molar-refractivity contribution in [2.24, 2.45) is 0 Å². The number of halogens is 2. The third kappa shape index (κ3) is 7.70. The third-order valence-electron chi connectivity index (χ3n) is 7.98. The second-order valence-electron chi connectivity index (χ2n) is 11.1. The summed E-state index contributed by atoms with van der Waals surface area (Å²) in [6, 6.07) is 28.5. The molecule has 0 amide bonds. The summed E-state index contributed by atoms with van der Waals surface area (Å²) in [6.07, 6.45) is 2.78. The number of hydrogen-bond acceptors (Lipinski definition) is 9. The van der Waals surface area contributed by atoms with Crippen molar-refractivity contribution in [3.8, 4) is 23.1 Å². The van der Waals surface area contributed by atoms with Gasteiger partial charge in [-0.05, 0) is 42.0 Å². The highest BCUT2D eigenvalue weighted by Crippen LogP contribution is 2.44. The number of benzene rings is 4. The summed E-state index contributed by atoms with van der Waals surface area (Å²) in [5.74, 6) is -2.51. The minimum Gasteiger partial charge on any atom is -0.489 e. The van der Waals surface area contributed by atoms with E-state index in [1.807, 2.05) is 35.7 Å². The van der Waals surface area contributed by atoms with Crippen LogP contribution < -0.4 is 4.74 Å². The van der Waals surface area contributed by atoms with Crippen molar-refractivity contribution in [1.82, 2.24) is 19.7 Å². The van der Waals surface area contributed by atoms with Gasteiger partial charge in [-0.15, -0.1) is 11.3 Å². The van der Waals surface area contributed by atoms with E-state index < -0.39 is 35.9 Å². The summed E-state index contributed by atoms with van der Waals surface area (Å²) >= 11 is 1.33. The number of aromatic nitrogens is 4. The van der Waals surface area contributed by atoms with Crippen LogP contribution in [-0.4, -0.2) is 32.5 Å².